The first-order valence-electron chi connectivity index (χ1n) is 30.8. The second kappa shape index (κ2) is 34.9. The van der Waals surface area contributed by atoms with Crippen molar-refractivity contribution in [2.24, 2.45) is 17.4 Å². The molecule has 11 amide bonds. The van der Waals surface area contributed by atoms with E-state index >= 15 is 4.79 Å². The number of hydrogen-bond donors (Lipinski definition) is 14. The molecule has 0 aliphatic carbocycles. The fourth-order valence-corrected chi connectivity index (χ4v) is 10.9. The van der Waals surface area contributed by atoms with Gasteiger partial charge >= 0.3 is 5.97 Å². The number of carboxylic acid groups (broad SMARTS) is 1. The molecule has 0 radical (unpaired) electrons. The number of phenols is 2. The molecule has 27 nitrogen and oxygen atoms in total. The number of nitrogens with zero attached hydrogens (tertiary/aromatic N) is 1. The Bertz CT molecular complexity index is 3230. The van der Waals surface area contributed by atoms with Crippen LogP contribution >= 0.6 is 0 Å². The van der Waals surface area contributed by atoms with E-state index in [-0.39, 0.29) is 94.7 Å². The second-order valence-electron chi connectivity index (χ2n) is 23.5. The molecule has 2 saturated heterocycles. The fraction of sp³-hybridized carbons (Fsp3) is 0.446. The van der Waals surface area contributed by atoms with E-state index in [1.54, 1.807) is 93.6 Å². The smallest absolute Gasteiger partial charge is 0.305 e. The van der Waals surface area contributed by atoms with Crippen molar-refractivity contribution >= 4 is 70.9 Å². The quantitative estimate of drug-likeness (QED) is 0.0572. The van der Waals surface area contributed by atoms with Gasteiger partial charge in [0.15, 0.2) is 0 Å². The summed E-state index contributed by atoms with van der Waals surface area (Å²) in [7, 11) is 0. The van der Waals surface area contributed by atoms with Crippen molar-refractivity contribution in [3.05, 3.63) is 131 Å². The summed E-state index contributed by atoms with van der Waals surface area (Å²) >= 11 is 0. The monoisotopic (exact) mass is 1270 g/mol. The molecule has 4 aromatic rings. The van der Waals surface area contributed by atoms with E-state index in [1.165, 1.54) is 41.3 Å². The Morgan fingerprint density at radius 1 is 0.478 bits per heavy atom. The van der Waals surface area contributed by atoms with Crippen LogP contribution in [0.3, 0.4) is 0 Å². The number of phenolic OH excluding ortho intramolecular Hbond substituents is 2. The van der Waals surface area contributed by atoms with Crippen LogP contribution in [0.2, 0.25) is 0 Å². The first-order chi connectivity index (χ1) is 43.9. The Balaban J connectivity index is 1.46. The van der Waals surface area contributed by atoms with Gasteiger partial charge in [0.25, 0.3) is 0 Å². The lowest BCUT2D eigenvalue weighted by Crippen LogP contribution is -2.62. The van der Waals surface area contributed by atoms with Gasteiger partial charge in [-0.25, -0.2) is 0 Å². The van der Waals surface area contributed by atoms with Crippen molar-refractivity contribution in [2.75, 3.05) is 13.1 Å². The number of carboxylic acids is 1. The number of amides is 11. The summed E-state index contributed by atoms with van der Waals surface area (Å²) in [6, 6.07) is 12.8. The van der Waals surface area contributed by atoms with Crippen LogP contribution in [0.25, 0.3) is 0 Å². The van der Waals surface area contributed by atoms with E-state index < -0.39 is 144 Å². The van der Waals surface area contributed by atoms with E-state index in [9.17, 15) is 68.1 Å². The molecule has 0 bridgehead atoms. The van der Waals surface area contributed by atoms with Gasteiger partial charge in [0.1, 0.15) is 71.9 Å². The number of carbonyl (C=O) groups excluding carboxylic acids is 11. The second-order valence-corrected chi connectivity index (χ2v) is 23.5. The van der Waals surface area contributed by atoms with Crippen LogP contribution in [0.15, 0.2) is 109 Å². The SMILES string of the molecule is CCC[C@@H]1NC(=O)[C@H](Cc2ccc(O)cc2)NC(=O)[C@H](CC(=O)O)NC(=O)[C@H](CC(N)=O)NC(=O)[C@H](Cc2ccccc2)NC(=O)[C@H](Cc2ccccc2)NC(=O)[C@@H]2CCCN2C(=O)[C@H](Cc2ccc(O)cc2)NC(=O)[C@H](CC(C)C)NC(=O)[C@H](CCCN)NC1=O. The number of nitrogens with one attached hydrogen (secondary N) is 9. The molecular formula is C65H84N12O15. The number of rotatable bonds is 19. The van der Waals surface area contributed by atoms with Crippen molar-refractivity contribution in [2.45, 2.75) is 165 Å². The topological polar surface area (TPSA) is 429 Å². The summed E-state index contributed by atoms with van der Waals surface area (Å²) in [6.07, 6.45) is -2.14. The highest BCUT2D eigenvalue weighted by molar-refractivity contribution is 6.01. The first kappa shape index (κ1) is 71.2. The minimum absolute atomic E-state index is 0.0241. The predicted octanol–water partition coefficient (Wildman–Crippen LogP) is -0.329. The van der Waals surface area contributed by atoms with E-state index in [4.69, 9.17) is 11.5 Å². The van der Waals surface area contributed by atoms with Gasteiger partial charge in [-0.3, -0.25) is 57.5 Å². The molecule has 2 aliphatic heterocycles. The zero-order chi connectivity index (χ0) is 67.0. The molecule has 10 atom stereocenters. The van der Waals surface area contributed by atoms with Gasteiger partial charge in [0.05, 0.1) is 12.8 Å². The fourth-order valence-electron chi connectivity index (χ4n) is 10.9. The van der Waals surface area contributed by atoms with Crippen molar-refractivity contribution in [3.8, 4) is 11.5 Å². The van der Waals surface area contributed by atoms with Crippen molar-refractivity contribution in [1.82, 2.24) is 52.8 Å². The third-order valence-electron chi connectivity index (χ3n) is 15.6. The van der Waals surface area contributed by atoms with Gasteiger partial charge in [-0.2, -0.15) is 0 Å². The summed E-state index contributed by atoms with van der Waals surface area (Å²) < 4.78 is 0. The number of hydrogen-bond acceptors (Lipinski definition) is 15. The number of aliphatic carboxylic acids is 1. The summed E-state index contributed by atoms with van der Waals surface area (Å²) in [4.78, 5) is 173. The third kappa shape index (κ3) is 21.9. The van der Waals surface area contributed by atoms with Crippen LogP contribution in [-0.2, 0) is 83.2 Å². The average molecular weight is 1270 g/mol. The number of fused-ring (bicyclic) bond motifs is 1. The Hall–Kier alpha value is -9.92. The van der Waals surface area contributed by atoms with E-state index in [0.29, 0.717) is 28.7 Å². The normalized spacial score (nSPS) is 23.9. The van der Waals surface area contributed by atoms with E-state index in [1.807, 2.05) is 0 Å². The Kier molecular flexibility index (Phi) is 27.0. The molecular weight excluding hydrogens is 1190 g/mol. The lowest BCUT2D eigenvalue weighted by Gasteiger charge is -2.31. The molecule has 494 valence electrons. The van der Waals surface area contributed by atoms with Gasteiger partial charge in [-0.05, 0) is 97.5 Å². The Morgan fingerprint density at radius 2 is 0.837 bits per heavy atom. The summed E-state index contributed by atoms with van der Waals surface area (Å²) in [5.41, 5.74) is 13.4. The zero-order valence-corrected chi connectivity index (χ0v) is 51.7. The van der Waals surface area contributed by atoms with Crippen LogP contribution < -0.4 is 59.3 Å². The highest BCUT2D eigenvalue weighted by Crippen LogP contribution is 2.23. The highest BCUT2D eigenvalue weighted by atomic mass is 16.4. The molecule has 0 saturated carbocycles. The molecule has 2 heterocycles. The molecule has 6 rings (SSSR count). The molecule has 0 spiro atoms. The molecule has 4 aromatic carbocycles. The summed E-state index contributed by atoms with van der Waals surface area (Å²) in [5.74, 6) is -12.7. The van der Waals surface area contributed by atoms with Crippen LogP contribution in [0.5, 0.6) is 11.5 Å². The van der Waals surface area contributed by atoms with Crippen LogP contribution in [0.4, 0.5) is 0 Å². The molecule has 92 heavy (non-hydrogen) atoms. The van der Waals surface area contributed by atoms with E-state index in [0.717, 1.165) is 0 Å². The number of aromatic hydroxyl groups is 2. The van der Waals surface area contributed by atoms with Crippen molar-refractivity contribution < 1.29 is 72.9 Å². The zero-order valence-electron chi connectivity index (χ0n) is 51.7. The predicted molar refractivity (Wildman–Crippen MR) is 335 cm³/mol. The van der Waals surface area contributed by atoms with Crippen LogP contribution in [-0.4, -0.2) is 165 Å². The van der Waals surface area contributed by atoms with Gasteiger partial charge in [0, 0.05) is 32.2 Å². The molecule has 0 unspecified atom stereocenters. The molecule has 2 aliphatic rings. The maximum atomic E-state index is 15.1. The van der Waals surface area contributed by atoms with Gasteiger partial charge in [-0.15, -0.1) is 0 Å². The van der Waals surface area contributed by atoms with Gasteiger partial charge in [0.2, 0.25) is 65.0 Å². The van der Waals surface area contributed by atoms with Gasteiger partial charge < -0.3 is 79.5 Å². The molecule has 16 N–H and O–H groups in total. The highest BCUT2D eigenvalue weighted by Gasteiger charge is 2.42. The average Bonchev–Trinajstić information content (AvgIpc) is 1.98. The lowest BCUT2D eigenvalue weighted by atomic mass is 9.99. The molecule has 0 aromatic heterocycles. The van der Waals surface area contributed by atoms with Crippen molar-refractivity contribution in [3.63, 3.8) is 0 Å². The molecule has 2 fully saturated rings. The minimum Gasteiger partial charge on any atom is -0.508 e. The number of nitrogens with two attached hydrogens (primary N) is 2. The minimum atomic E-state index is -2.03. The lowest BCUT2D eigenvalue weighted by molar-refractivity contribution is -0.142. The summed E-state index contributed by atoms with van der Waals surface area (Å²) in [5, 5.41) is 53.9. The summed E-state index contributed by atoms with van der Waals surface area (Å²) in [6.45, 7) is 5.40. The maximum absolute atomic E-state index is 15.1. The maximum Gasteiger partial charge on any atom is 0.305 e. The van der Waals surface area contributed by atoms with Gasteiger partial charge in [-0.1, -0.05) is 112 Å². The third-order valence-corrected chi connectivity index (χ3v) is 15.6. The standard InChI is InChI=1S/C65H84N12O15/c1-4-13-44-56(83)69-45(18-11-28-66)57(84)70-46(30-37(2)3)58(85)76-52(34-41-22-26-43(79)27-23-41)65(92)77-29-12-19-53(77)64(91)75-49(32-39-16-9-6-10-17-39)61(88)71-47(31-38-14-7-5-8-15-38)60(87)73-50(35-54(67)80)62(89)74-51(36-55(81)82)63(90)72-48(59(86)68-44)33-40-20-24-42(78)25-21-40/h5-10,14-17,20-27,37,44-53,78-79H,4,11-13,18-19,28-36,66H2,1-3H3,(H2,67,80)(H,68,86)(H,69,83)(H,70,84)(H,71,88)(H,72,90)(H,73,87)(H,74,89)(H,75,91)(H,76,85)(H,81,82)/t44-,45-,46-,47-,48-,49-,50-,51-,52-,53-/m0/s1. The number of benzene rings is 4. The van der Waals surface area contributed by atoms with Crippen LogP contribution in [0, 0.1) is 5.92 Å². The van der Waals surface area contributed by atoms with Crippen molar-refractivity contribution in [1.29, 1.82) is 0 Å². The number of primary amides is 1. The Labute approximate surface area is 532 Å². The largest absolute Gasteiger partial charge is 0.508 e. The first-order valence-corrected chi connectivity index (χ1v) is 30.8. The Morgan fingerprint density at radius 3 is 1.27 bits per heavy atom. The number of carbonyl (C=O) groups is 12. The van der Waals surface area contributed by atoms with E-state index in [2.05, 4.69) is 47.9 Å². The molecule has 27 heteroatoms. The van der Waals surface area contributed by atoms with Crippen LogP contribution in [0.1, 0.15) is 101 Å².